The van der Waals surface area contributed by atoms with Crippen LogP contribution in [0.15, 0.2) is 0 Å². The Morgan fingerprint density at radius 3 is 2.53 bits per heavy atom. The van der Waals surface area contributed by atoms with Crippen LogP contribution in [0.1, 0.15) is 46.0 Å². The summed E-state index contributed by atoms with van der Waals surface area (Å²) in [6, 6.07) is -0.423. The predicted molar refractivity (Wildman–Crippen MR) is 67.1 cm³/mol. The van der Waals surface area contributed by atoms with Crippen molar-refractivity contribution in [1.82, 2.24) is 5.32 Å². The molecular weight excluding hydrogens is 218 g/mol. The summed E-state index contributed by atoms with van der Waals surface area (Å²) in [4.78, 5) is 11.0. The van der Waals surface area contributed by atoms with Crippen LogP contribution in [0.5, 0.6) is 0 Å². The van der Waals surface area contributed by atoms with Gasteiger partial charge in [-0.15, -0.1) is 0 Å². The molecule has 0 aromatic carbocycles. The van der Waals surface area contributed by atoms with Gasteiger partial charge in [0.25, 0.3) is 0 Å². The molecule has 1 rings (SSSR count). The number of carbonyl (C=O) groups is 1. The zero-order valence-corrected chi connectivity index (χ0v) is 10.9. The summed E-state index contributed by atoms with van der Waals surface area (Å²) in [6.45, 7) is 4.86. The third-order valence-electron chi connectivity index (χ3n) is 3.20. The third-order valence-corrected chi connectivity index (χ3v) is 3.20. The molecule has 2 N–H and O–H groups in total. The number of rotatable bonds is 7. The van der Waals surface area contributed by atoms with Gasteiger partial charge in [0.1, 0.15) is 6.04 Å². The number of ether oxygens (including phenoxy) is 1. The van der Waals surface area contributed by atoms with E-state index in [1.165, 1.54) is 32.1 Å². The van der Waals surface area contributed by atoms with Crippen molar-refractivity contribution in [2.75, 3.05) is 13.2 Å². The Morgan fingerprint density at radius 2 is 2.00 bits per heavy atom. The Hall–Kier alpha value is -0.610. The maximum atomic E-state index is 11.0. The summed E-state index contributed by atoms with van der Waals surface area (Å²) < 4.78 is 5.55. The molecule has 100 valence electrons. The number of aliphatic carboxylic acids is 1. The van der Waals surface area contributed by atoms with Crippen LogP contribution >= 0.6 is 0 Å². The summed E-state index contributed by atoms with van der Waals surface area (Å²) in [7, 11) is 0. The third kappa shape index (κ3) is 6.03. The maximum Gasteiger partial charge on any atom is 0.323 e. The van der Waals surface area contributed by atoms with Gasteiger partial charge in [-0.25, -0.2) is 0 Å². The first-order valence-corrected chi connectivity index (χ1v) is 6.66. The maximum absolute atomic E-state index is 11.0. The topological polar surface area (TPSA) is 58.6 Å². The Bertz CT molecular complexity index is 225. The lowest BCUT2D eigenvalue weighted by Gasteiger charge is -2.23. The first-order chi connectivity index (χ1) is 8.09. The fourth-order valence-corrected chi connectivity index (χ4v) is 2.30. The van der Waals surface area contributed by atoms with Crippen molar-refractivity contribution in [3.05, 3.63) is 0 Å². The molecule has 1 atom stereocenters. The second-order valence-corrected chi connectivity index (χ2v) is 5.25. The highest BCUT2D eigenvalue weighted by Gasteiger charge is 2.19. The molecule has 0 radical (unpaired) electrons. The lowest BCUT2D eigenvalue weighted by Crippen LogP contribution is -2.44. The van der Waals surface area contributed by atoms with E-state index >= 15 is 0 Å². The van der Waals surface area contributed by atoms with E-state index < -0.39 is 12.0 Å². The minimum atomic E-state index is -0.831. The van der Waals surface area contributed by atoms with Crippen molar-refractivity contribution >= 4 is 5.97 Å². The monoisotopic (exact) mass is 243 g/mol. The Morgan fingerprint density at radius 1 is 1.35 bits per heavy atom. The van der Waals surface area contributed by atoms with Crippen LogP contribution in [0.4, 0.5) is 0 Å². The molecule has 0 amide bonds. The van der Waals surface area contributed by atoms with Crippen LogP contribution in [-0.4, -0.2) is 36.4 Å². The van der Waals surface area contributed by atoms with Gasteiger partial charge >= 0.3 is 5.97 Å². The standard InChI is InChI=1S/C13H25NO3/c1-10(2)14-12(13(15)16)9-17-8-11-6-4-3-5-7-11/h10-12,14H,3-9H2,1-2H3,(H,15,16). The van der Waals surface area contributed by atoms with Gasteiger partial charge in [-0.3, -0.25) is 4.79 Å². The lowest BCUT2D eigenvalue weighted by molar-refractivity contribution is -0.141. The average Bonchev–Trinajstić information content (AvgIpc) is 2.28. The Balaban J connectivity index is 2.19. The van der Waals surface area contributed by atoms with Crippen molar-refractivity contribution in [3.63, 3.8) is 0 Å². The summed E-state index contributed by atoms with van der Waals surface area (Å²) in [6.07, 6.45) is 6.38. The Kier molecular flexibility index (Phi) is 6.52. The van der Waals surface area contributed by atoms with Gasteiger partial charge < -0.3 is 15.2 Å². The van der Waals surface area contributed by atoms with Gasteiger partial charge in [-0.05, 0) is 18.8 Å². The van der Waals surface area contributed by atoms with E-state index in [1.807, 2.05) is 13.8 Å². The van der Waals surface area contributed by atoms with E-state index in [4.69, 9.17) is 9.84 Å². The molecule has 0 saturated heterocycles. The Labute approximate surface area is 104 Å². The van der Waals surface area contributed by atoms with Gasteiger partial charge in [-0.1, -0.05) is 33.1 Å². The van der Waals surface area contributed by atoms with Gasteiger partial charge in [0.05, 0.1) is 6.61 Å². The van der Waals surface area contributed by atoms with Crippen LogP contribution in [0.25, 0.3) is 0 Å². The molecule has 17 heavy (non-hydrogen) atoms. The minimum absolute atomic E-state index is 0.161. The molecule has 0 aliphatic heterocycles. The summed E-state index contributed by atoms with van der Waals surface area (Å²) in [5.74, 6) is -0.195. The van der Waals surface area contributed by atoms with E-state index in [1.54, 1.807) is 0 Å². The predicted octanol–water partition coefficient (Wildman–Crippen LogP) is 2.03. The van der Waals surface area contributed by atoms with Crippen molar-refractivity contribution in [2.45, 2.75) is 58.0 Å². The molecule has 0 aromatic rings. The SMILES string of the molecule is CC(C)NC(COCC1CCCCC1)C(=O)O. The van der Waals surface area contributed by atoms with E-state index in [9.17, 15) is 4.79 Å². The highest BCUT2D eigenvalue weighted by atomic mass is 16.5. The summed E-state index contributed by atoms with van der Waals surface area (Å²) in [5, 5.41) is 12.0. The second-order valence-electron chi connectivity index (χ2n) is 5.25. The largest absolute Gasteiger partial charge is 0.480 e. The zero-order chi connectivity index (χ0) is 12.7. The molecule has 1 aliphatic rings. The molecule has 0 aromatic heterocycles. The number of carboxylic acid groups (broad SMARTS) is 1. The van der Waals surface area contributed by atoms with E-state index in [-0.39, 0.29) is 12.6 Å². The van der Waals surface area contributed by atoms with Crippen LogP contribution in [-0.2, 0) is 9.53 Å². The quantitative estimate of drug-likeness (QED) is 0.718. The molecule has 0 heterocycles. The summed E-state index contributed by atoms with van der Waals surface area (Å²) in [5.41, 5.74) is 0. The highest BCUT2D eigenvalue weighted by Crippen LogP contribution is 2.23. The smallest absolute Gasteiger partial charge is 0.323 e. The van der Waals surface area contributed by atoms with E-state index in [0.29, 0.717) is 12.5 Å². The van der Waals surface area contributed by atoms with Crippen molar-refractivity contribution in [2.24, 2.45) is 5.92 Å². The molecular formula is C13H25NO3. The average molecular weight is 243 g/mol. The first kappa shape index (κ1) is 14.5. The number of nitrogens with one attached hydrogen (secondary N) is 1. The van der Waals surface area contributed by atoms with Crippen molar-refractivity contribution in [3.8, 4) is 0 Å². The van der Waals surface area contributed by atoms with Crippen molar-refractivity contribution < 1.29 is 14.6 Å². The van der Waals surface area contributed by atoms with Crippen LogP contribution in [0, 0.1) is 5.92 Å². The number of hydrogen-bond acceptors (Lipinski definition) is 3. The summed E-state index contributed by atoms with van der Waals surface area (Å²) >= 11 is 0. The van der Waals surface area contributed by atoms with Gasteiger partial charge in [0.15, 0.2) is 0 Å². The number of hydrogen-bond donors (Lipinski definition) is 2. The van der Waals surface area contributed by atoms with Gasteiger partial charge in [-0.2, -0.15) is 0 Å². The van der Waals surface area contributed by atoms with Crippen LogP contribution in [0.2, 0.25) is 0 Å². The van der Waals surface area contributed by atoms with Crippen LogP contribution in [0.3, 0.4) is 0 Å². The second kappa shape index (κ2) is 7.67. The highest BCUT2D eigenvalue weighted by molar-refractivity contribution is 5.73. The van der Waals surface area contributed by atoms with E-state index in [0.717, 1.165) is 0 Å². The zero-order valence-electron chi connectivity index (χ0n) is 10.9. The lowest BCUT2D eigenvalue weighted by atomic mass is 9.90. The fourth-order valence-electron chi connectivity index (χ4n) is 2.30. The van der Waals surface area contributed by atoms with Gasteiger partial charge in [0, 0.05) is 12.6 Å². The number of carboxylic acids is 1. The van der Waals surface area contributed by atoms with E-state index in [2.05, 4.69) is 5.32 Å². The minimum Gasteiger partial charge on any atom is -0.480 e. The normalized spacial score (nSPS) is 19.5. The first-order valence-electron chi connectivity index (χ1n) is 6.66. The molecule has 4 heteroatoms. The molecule has 0 bridgehead atoms. The fraction of sp³-hybridized carbons (Fsp3) is 0.923. The molecule has 1 saturated carbocycles. The molecule has 1 fully saturated rings. The molecule has 1 unspecified atom stereocenters. The molecule has 4 nitrogen and oxygen atoms in total. The van der Waals surface area contributed by atoms with Gasteiger partial charge in [0.2, 0.25) is 0 Å². The molecule has 0 spiro atoms. The molecule has 1 aliphatic carbocycles. The van der Waals surface area contributed by atoms with Crippen molar-refractivity contribution in [1.29, 1.82) is 0 Å². The van der Waals surface area contributed by atoms with Crippen LogP contribution < -0.4 is 5.32 Å².